The minimum atomic E-state index is -0.770. The fourth-order valence-corrected chi connectivity index (χ4v) is 2.70. The van der Waals surface area contributed by atoms with E-state index in [1.54, 1.807) is 0 Å². The summed E-state index contributed by atoms with van der Waals surface area (Å²) in [5.74, 6) is -0.185. The molecule has 0 fully saturated rings. The van der Waals surface area contributed by atoms with Crippen molar-refractivity contribution < 1.29 is 19.4 Å². The number of hydrogen-bond acceptors (Lipinski definition) is 3. The summed E-state index contributed by atoms with van der Waals surface area (Å²) >= 11 is 0. The Morgan fingerprint density at radius 2 is 2.10 bits per heavy atom. The van der Waals surface area contributed by atoms with Gasteiger partial charge >= 0.3 is 5.97 Å². The van der Waals surface area contributed by atoms with Crippen molar-refractivity contribution in [2.75, 3.05) is 6.61 Å². The number of carboxylic acid groups (broad SMARTS) is 1. The summed E-state index contributed by atoms with van der Waals surface area (Å²) < 4.78 is 5.66. The lowest BCUT2D eigenvalue weighted by Crippen LogP contribution is -2.16. The molecule has 0 amide bonds. The monoisotopic (exact) mass is 290 g/mol. The summed E-state index contributed by atoms with van der Waals surface area (Å²) in [7, 11) is 0. The highest BCUT2D eigenvalue weighted by molar-refractivity contribution is 5.97. The average molecular weight is 290 g/mol. The van der Waals surface area contributed by atoms with Crippen LogP contribution in [0.2, 0.25) is 0 Å². The van der Waals surface area contributed by atoms with Crippen molar-refractivity contribution in [1.82, 2.24) is 0 Å². The molecule has 2 rings (SSSR count). The topological polar surface area (TPSA) is 63.6 Å². The molecule has 4 heteroatoms. The molecule has 1 aromatic carbocycles. The second-order valence-electron chi connectivity index (χ2n) is 5.53. The van der Waals surface area contributed by atoms with E-state index in [1.165, 1.54) is 0 Å². The zero-order chi connectivity index (χ0) is 15.2. The molecule has 0 aliphatic heterocycles. The number of aryl methyl sites for hydroxylation is 1. The third kappa shape index (κ3) is 4.06. The van der Waals surface area contributed by atoms with Crippen LogP contribution < -0.4 is 4.74 Å². The molecule has 0 heterocycles. The molecule has 21 heavy (non-hydrogen) atoms. The van der Waals surface area contributed by atoms with E-state index in [2.05, 4.69) is 0 Å². The zero-order valence-electron chi connectivity index (χ0n) is 12.4. The van der Waals surface area contributed by atoms with Gasteiger partial charge in [-0.25, -0.2) is 0 Å². The maximum Gasteiger partial charge on any atom is 0.306 e. The predicted octanol–water partition coefficient (Wildman–Crippen LogP) is 3.48. The molecule has 0 saturated carbocycles. The quantitative estimate of drug-likeness (QED) is 0.815. The smallest absolute Gasteiger partial charge is 0.306 e. The lowest BCUT2D eigenvalue weighted by Gasteiger charge is -2.12. The van der Waals surface area contributed by atoms with Gasteiger partial charge < -0.3 is 9.84 Å². The minimum absolute atomic E-state index is 0.214. The summed E-state index contributed by atoms with van der Waals surface area (Å²) in [5, 5.41) is 9.00. The van der Waals surface area contributed by atoms with Gasteiger partial charge in [0.05, 0.1) is 12.5 Å². The van der Waals surface area contributed by atoms with Gasteiger partial charge in [-0.05, 0) is 55.9 Å². The Balaban J connectivity index is 1.97. The van der Waals surface area contributed by atoms with Gasteiger partial charge in [-0.15, -0.1) is 0 Å². The molecular weight excluding hydrogens is 268 g/mol. The van der Waals surface area contributed by atoms with Gasteiger partial charge in [-0.1, -0.05) is 6.92 Å². The molecule has 1 aliphatic rings. The number of ether oxygens (including phenoxy) is 1. The average Bonchev–Trinajstić information content (AvgIpc) is 2.65. The van der Waals surface area contributed by atoms with Crippen LogP contribution in [0.4, 0.5) is 0 Å². The summed E-state index contributed by atoms with van der Waals surface area (Å²) in [6.07, 6.45) is 4.62. The Kier molecular flexibility index (Phi) is 5.37. The van der Waals surface area contributed by atoms with Gasteiger partial charge in [0, 0.05) is 12.0 Å². The number of carbonyl (C=O) groups excluding carboxylic acids is 1. The second-order valence-corrected chi connectivity index (χ2v) is 5.53. The van der Waals surface area contributed by atoms with Crippen molar-refractivity contribution >= 4 is 11.8 Å². The molecule has 0 saturated heterocycles. The number of ketones is 1. The zero-order valence-corrected chi connectivity index (χ0v) is 12.4. The predicted molar refractivity (Wildman–Crippen MR) is 79.9 cm³/mol. The fourth-order valence-electron chi connectivity index (χ4n) is 2.70. The van der Waals surface area contributed by atoms with E-state index in [0.29, 0.717) is 25.9 Å². The van der Waals surface area contributed by atoms with Gasteiger partial charge in [0.2, 0.25) is 0 Å². The number of carboxylic acids is 1. The van der Waals surface area contributed by atoms with E-state index in [-0.39, 0.29) is 11.7 Å². The van der Waals surface area contributed by atoms with E-state index in [0.717, 1.165) is 36.1 Å². The lowest BCUT2D eigenvalue weighted by molar-refractivity contribution is -0.142. The van der Waals surface area contributed by atoms with Crippen LogP contribution in [0.3, 0.4) is 0 Å². The molecular formula is C17H22O4. The Hall–Kier alpha value is -1.84. The van der Waals surface area contributed by atoms with Gasteiger partial charge in [-0.2, -0.15) is 0 Å². The van der Waals surface area contributed by atoms with Crippen molar-refractivity contribution in [1.29, 1.82) is 0 Å². The number of benzene rings is 1. The first-order chi connectivity index (χ1) is 10.1. The number of rotatable bonds is 6. The van der Waals surface area contributed by atoms with Gasteiger partial charge in [0.15, 0.2) is 5.78 Å². The molecule has 1 N–H and O–H groups in total. The number of carbonyl (C=O) groups is 2. The maximum atomic E-state index is 11.9. The Labute approximate surface area is 125 Å². The molecule has 0 radical (unpaired) electrons. The van der Waals surface area contributed by atoms with E-state index in [4.69, 9.17) is 9.84 Å². The first kappa shape index (κ1) is 15.5. The van der Waals surface area contributed by atoms with Crippen LogP contribution in [-0.4, -0.2) is 23.5 Å². The van der Waals surface area contributed by atoms with Crippen LogP contribution in [0.15, 0.2) is 18.2 Å². The molecule has 4 nitrogen and oxygen atoms in total. The number of fused-ring (bicyclic) bond motifs is 1. The molecule has 0 aromatic heterocycles. The first-order valence-corrected chi connectivity index (χ1v) is 7.63. The number of aliphatic carboxylic acids is 1. The van der Waals surface area contributed by atoms with Crippen molar-refractivity contribution in [2.24, 2.45) is 5.92 Å². The molecule has 1 aliphatic carbocycles. The Morgan fingerprint density at radius 1 is 1.33 bits per heavy atom. The molecule has 1 unspecified atom stereocenters. The summed E-state index contributed by atoms with van der Waals surface area (Å²) in [6, 6.07) is 5.58. The third-order valence-electron chi connectivity index (χ3n) is 4.05. The van der Waals surface area contributed by atoms with Crippen LogP contribution in [0.1, 0.15) is 54.9 Å². The Bertz CT molecular complexity index is 522. The van der Waals surface area contributed by atoms with Gasteiger partial charge in [-0.3, -0.25) is 9.59 Å². The van der Waals surface area contributed by atoms with Crippen LogP contribution in [0.5, 0.6) is 5.75 Å². The highest BCUT2D eigenvalue weighted by Crippen LogP contribution is 2.25. The van der Waals surface area contributed by atoms with Crippen molar-refractivity contribution in [2.45, 2.75) is 45.4 Å². The lowest BCUT2D eigenvalue weighted by atomic mass is 10.0. The first-order valence-electron chi connectivity index (χ1n) is 7.63. The minimum Gasteiger partial charge on any atom is -0.494 e. The van der Waals surface area contributed by atoms with Crippen LogP contribution in [-0.2, 0) is 11.2 Å². The third-order valence-corrected chi connectivity index (χ3v) is 4.05. The van der Waals surface area contributed by atoms with E-state index in [1.807, 2.05) is 25.1 Å². The number of Topliss-reactive ketones (excluding diaryl/α,β-unsaturated/α-hetero) is 1. The molecule has 1 atom stereocenters. The van der Waals surface area contributed by atoms with Gasteiger partial charge in [0.1, 0.15) is 5.75 Å². The summed E-state index contributed by atoms with van der Waals surface area (Å²) in [4.78, 5) is 22.9. The van der Waals surface area contributed by atoms with Crippen molar-refractivity contribution in [3.63, 3.8) is 0 Å². The van der Waals surface area contributed by atoms with Crippen molar-refractivity contribution in [3.05, 3.63) is 29.3 Å². The fraction of sp³-hybridized carbons (Fsp3) is 0.529. The van der Waals surface area contributed by atoms with Crippen molar-refractivity contribution in [3.8, 4) is 5.75 Å². The Morgan fingerprint density at radius 3 is 2.81 bits per heavy atom. The van der Waals surface area contributed by atoms with Crippen LogP contribution in [0.25, 0.3) is 0 Å². The second kappa shape index (κ2) is 7.25. The van der Waals surface area contributed by atoms with Gasteiger partial charge in [0.25, 0.3) is 0 Å². The van der Waals surface area contributed by atoms with Crippen LogP contribution in [0, 0.1) is 5.92 Å². The molecule has 1 aromatic rings. The SMILES string of the molecule is CCC(CCOc1ccc2c(c1)CCCCC2=O)C(=O)O. The summed E-state index contributed by atoms with van der Waals surface area (Å²) in [6.45, 7) is 2.25. The summed E-state index contributed by atoms with van der Waals surface area (Å²) in [5.41, 5.74) is 1.87. The maximum absolute atomic E-state index is 11.9. The molecule has 0 bridgehead atoms. The van der Waals surface area contributed by atoms with Crippen LogP contribution >= 0.6 is 0 Å². The normalized spacial score (nSPS) is 16.0. The molecule has 114 valence electrons. The van der Waals surface area contributed by atoms with E-state index >= 15 is 0 Å². The standard InChI is InChI=1S/C17H22O4/c1-2-12(17(19)20)9-10-21-14-7-8-15-13(11-14)5-3-4-6-16(15)18/h7-8,11-12H,2-6,9-10H2,1H3,(H,19,20). The highest BCUT2D eigenvalue weighted by atomic mass is 16.5. The molecule has 0 spiro atoms. The number of hydrogen-bond donors (Lipinski definition) is 1. The highest BCUT2D eigenvalue weighted by Gasteiger charge is 2.17. The largest absolute Gasteiger partial charge is 0.494 e. The van der Waals surface area contributed by atoms with E-state index in [9.17, 15) is 9.59 Å². The van der Waals surface area contributed by atoms with E-state index < -0.39 is 5.97 Å².